The van der Waals surface area contributed by atoms with E-state index in [-0.39, 0.29) is 23.0 Å². The van der Waals surface area contributed by atoms with Crippen molar-refractivity contribution in [1.82, 2.24) is 24.9 Å². The number of hydrogen-bond acceptors (Lipinski definition) is 4. The SMILES string of the molecule is CCn1cc(NC(=O)Cn2nc(C)cc2C(F)F)c(C(=O)NCC(C)C)n1. The molecule has 0 atom stereocenters. The maximum Gasteiger partial charge on any atom is 0.280 e. The first-order valence-corrected chi connectivity index (χ1v) is 8.69. The van der Waals surface area contributed by atoms with Gasteiger partial charge in [0.05, 0.1) is 11.4 Å². The van der Waals surface area contributed by atoms with E-state index in [0.717, 1.165) is 4.68 Å². The van der Waals surface area contributed by atoms with Gasteiger partial charge in [-0.05, 0) is 25.8 Å². The lowest BCUT2D eigenvalue weighted by Crippen LogP contribution is -2.29. The number of carbonyl (C=O) groups excluding carboxylic acids is 2. The van der Waals surface area contributed by atoms with Gasteiger partial charge in [-0.15, -0.1) is 0 Å². The van der Waals surface area contributed by atoms with Crippen molar-refractivity contribution in [2.45, 2.75) is 47.2 Å². The van der Waals surface area contributed by atoms with Crippen LogP contribution in [0.1, 0.15) is 49.1 Å². The second-order valence-electron chi connectivity index (χ2n) is 6.57. The maximum atomic E-state index is 13.0. The Hall–Kier alpha value is -2.78. The number of nitrogens with zero attached hydrogens (tertiary/aromatic N) is 4. The molecule has 2 aromatic heterocycles. The van der Waals surface area contributed by atoms with Crippen molar-refractivity contribution in [1.29, 1.82) is 0 Å². The van der Waals surface area contributed by atoms with E-state index in [1.807, 2.05) is 20.8 Å². The molecular weight excluding hydrogens is 358 g/mol. The zero-order valence-corrected chi connectivity index (χ0v) is 15.8. The molecule has 2 aromatic rings. The lowest BCUT2D eigenvalue weighted by atomic mass is 10.2. The smallest absolute Gasteiger partial charge is 0.280 e. The Balaban J connectivity index is 2.15. The summed E-state index contributed by atoms with van der Waals surface area (Å²) in [4.78, 5) is 24.6. The molecule has 2 amide bonds. The molecule has 0 radical (unpaired) electrons. The summed E-state index contributed by atoms with van der Waals surface area (Å²) < 4.78 is 28.5. The van der Waals surface area contributed by atoms with Crippen molar-refractivity contribution >= 4 is 17.5 Å². The molecule has 0 unspecified atom stereocenters. The van der Waals surface area contributed by atoms with Gasteiger partial charge in [0, 0.05) is 19.3 Å². The standard InChI is InChI=1S/C17H24F2N6O2/c1-5-24-8-12(15(23-24)17(27)20-7-10(2)3)21-14(26)9-25-13(16(18)19)6-11(4)22-25/h6,8,10,16H,5,7,9H2,1-4H3,(H,20,27)(H,21,26). The summed E-state index contributed by atoms with van der Waals surface area (Å²) in [6, 6.07) is 1.23. The van der Waals surface area contributed by atoms with Crippen LogP contribution < -0.4 is 10.6 Å². The fourth-order valence-electron chi connectivity index (χ4n) is 2.42. The normalized spacial score (nSPS) is 11.3. The van der Waals surface area contributed by atoms with E-state index in [2.05, 4.69) is 20.8 Å². The number of rotatable bonds is 8. The van der Waals surface area contributed by atoms with Gasteiger partial charge in [0.25, 0.3) is 12.3 Å². The number of hydrogen-bond donors (Lipinski definition) is 2. The van der Waals surface area contributed by atoms with Gasteiger partial charge in [-0.1, -0.05) is 13.8 Å². The minimum absolute atomic E-state index is 0.0802. The zero-order chi connectivity index (χ0) is 20.1. The molecule has 0 bridgehead atoms. The lowest BCUT2D eigenvalue weighted by molar-refractivity contribution is -0.117. The maximum absolute atomic E-state index is 13.0. The number of amides is 2. The molecule has 0 fully saturated rings. The molecule has 0 aliphatic heterocycles. The second kappa shape index (κ2) is 8.74. The van der Waals surface area contributed by atoms with Crippen molar-refractivity contribution in [2.24, 2.45) is 5.92 Å². The number of carbonyl (C=O) groups is 2. The molecule has 0 spiro atoms. The van der Waals surface area contributed by atoms with Crippen LogP contribution in [0.15, 0.2) is 12.3 Å². The second-order valence-corrected chi connectivity index (χ2v) is 6.57. The third kappa shape index (κ3) is 5.35. The molecule has 0 saturated carbocycles. The topological polar surface area (TPSA) is 93.8 Å². The average Bonchev–Trinajstić information content (AvgIpc) is 3.15. The quantitative estimate of drug-likeness (QED) is 0.733. The van der Waals surface area contributed by atoms with Crippen molar-refractivity contribution in [3.63, 3.8) is 0 Å². The van der Waals surface area contributed by atoms with Gasteiger partial charge in [-0.2, -0.15) is 10.2 Å². The van der Waals surface area contributed by atoms with Crippen LogP contribution in [0.5, 0.6) is 0 Å². The Morgan fingerprint density at radius 3 is 2.56 bits per heavy atom. The summed E-state index contributed by atoms with van der Waals surface area (Å²) >= 11 is 0. The van der Waals surface area contributed by atoms with Gasteiger partial charge >= 0.3 is 0 Å². The van der Waals surface area contributed by atoms with E-state index < -0.39 is 24.8 Å². The van der Waals surface area contributed by atoms with E-state index in [0.29, 0.717) is 18.8 Å². The third-order valence-electron chi connectivity index (χ3n) is 3.70. The number of halogens is 2. The molecule has 2 heterocycles. The number of aromatic nitrogens is 4. The summed E-state index contributed by atoms with van der Waals surface area (Å²) in [6.07, 6.45) is -1.20. The largest absolute Gasteiger partial charge is 0.350 e. The van der Waals surface area contributed by atoms with Gasteiger partial charge in [0.1, 0.15) is 12.2 Å². The van der Waals surface area contributed by atoms with Crippen LogP contribution in [-0.4, -0.2) is 37.9 Å². The molecular formula is C17H24F2N6O2. The zero-order valence-electron chi connectivity index (χ0n) is 15.8. The van der Waals surface area contributed by atoms with Crippen LogP contribution in [-0.2, 0) is 17.9 Å². The molecule has 0 aliphatic carbocycles. The molecule has 2 rings (SSSR count). The molecule has 0 aromatic carbocycles. The van der Waals surface area contributed by atoms with Gasteiger partial charge < -0.3 is 10.6 Å². The lowest BCUT2D eigenvalue weighted by Gasteiger charge is -2.09. The van der Waals surface area contributed by atoms with Crippen LogP contribution in [0.25, 0.3) is 0 Å². The molecule has 148 valence electrons. The summed E-state index contributed by atoms with van der Waals surface area (Å²) in [5.41, 5.74) is 0.370. The van der Waals surface area contributed by atoms with Crippen LogP contribution >= 0.6 is 0 Å². The average molecular weight is 382 g/mol. The van der Waals surface area contributed by atoms with Gasteiger partial charge in [0.15, 0.2) is 5.69 Å². The Morgan fingerprint density at radius 1 is 1.26 bits per heavy atom. The summed E-state index contributed by atoms with van der Waals surface area (Å²) in [6.45, 7) is 7.92. The highest BCUT2D eigenvalue weighted by molar-refractivity contribution is 6.02. The molecule has 2 N–H and O–H groups in total. The third-order valence-corrected chi connectivity index (χ3v) is 3.70. The fourth-order valence-corrected chi connectivity index (χ4v) is 2.42. The van der Waals surface area contributed by atoms with Gasteiger partial charge in [-0.25, -0.2) is 8.78 Å². The van der Waals surface area contributed by atoms with Crippen LogP contribution in [0.3, 0.4) is 0 Å². The first kappa shape index (κ1) is 20.5. The number of aryl methyl sites for hydroxylation is 2. The number of anilines is 1. The molecule has 10 heteroatoms. The van der Waals surface area contributed by atoms with Gasteiger partial charge in [0.2, 0.25) is 5.91 Å². The van der Waals surface area contributed by atoms with Crippen molar-refractivity contribution < 1.29 is 18.4 Å². The van der Waals surface area contributed by atoms with Gasteiger partial charge in [-0.3, -0.25) is 19.0 Å². The highest BCUT2D eigenvalue weighted by Gasteiger charge is 2.21. The summed E-state index contributed by atoms with van der Waals surface area (Å²) in [7, 11) is 0. The monoisotopic (exact) mass is 382 g/mol. The highest BCUT2D eigenvalue weighted by Crippen LogP contribution is 2.20. The van der Waals surface area contributed by atoms with E-state index in [4.69, 9.17) is 0 Å². The predicted octanol–water partition coefficient (Wildman–Crippen LogP) is 2.37. The number of alkyl halides is 2. The highest BCUT2D eigenvalue weighted by atomic mass is 19.3. The molecule has 27 heavy (non-hydrogen) atoms. The Morgan fingerprint density at radius 2 is 1.96 bits per heavy atom. The van der Waals surface area contributed by atoms with Crippen LogP contribution in [0.4, 0.5) is 14.5 Å². The first-order chi connectivity index (χ1) is 12.7. The van der Waals surface area contributed by atoms with E-state index in [1.54, 1.807) is 6.92 Å². The van der Waals surface area contributed by atoms with Crippen LogP contribution in [0.2, 0.25) is 0 Å². The molecule has 0 aliphatic rings. The fraction of sp³-hybridized carbons (Fsp3) is 0.529. The van der Waals surface area contributed by atoms with Crippen molar-refractivity contribution in [3.05, 3.63) is 29.3 Å². The van der Waals surface area contributed by atoms with Crippen molar-refractivity contribution in [3.8, 4) is 0 Å². The summed E-state index contributed by atoms with van der Waals surface area (Å²) in [5, 5.41) is 13.4. The summed E-state index contributed by atoms with van der Waals surface area (Å²) in [5.74, 6) is -0.723. The Kier molecular flexibility index (Phi) is 6.65. The minimum atomic E-state index is -2.74. The van der Waals surface area contributed by atoms with Crippen molar-refractivity contribution in [2.75, 3.05) is 11.9 Å². The van der Waals surface area contributed by atoms with Crippen LogP contribution in [0, 0.1) is 12.8 Å². The predicted molar refractivity (Wildman–Crippen MR) is 95.6 cm³/mol. The first-order valence-electron chi connectivity index (χ1n) is 8.69. The Labute approximate surface area is 155 Å². The van der Waals surface area contributed by atoms with E-state index in [1.165, 1.54) is 16.9 Å². The molecule has 0 saturated heterocycles. The Bertz CT molecular complexity index is 812. The number of nitrogens with one attached hydrogen (secondary N) is 2. The minimum Gasteiger partial charge on any atom is -0.350 e. The molecule has 8 nitrogen and oxygen atoms in total. The van der Waals surface area contributed by atoms with E-state index in [9.17, 15) is 18.4 Å². The van der Waals surface area contributed by atoms with E-state index >= 15 is 0 Å².